The van der Waals surface area contributed by atoms with E-state index in [0.29, 0.717) is 31.9 Å². The van der Waals surface area contributed by atoms with Gasteiger partial charge in [0.2, 0.25) is 0 Å². The van der Waals surface area contributed by atoms with E-state index in [4.69, 9.17) is 18.9 Å². The summed E-state index contributed by atoms with van der Waals surface area (Å²) in [6, 6.07) is 0. The number of hydrogen-bond donors (Lipinski definition) is 1. The molecular formula is C39H73NO9. The molecule has 1 atom stereocenters. The maximum Gasteiger partial charge on any atom is 0.305 e. The summed E-state index contributed by atoms with van der Waals surface area (Å²) in [5, 5.41) is 9.52. The molecule has 0 aromatic carbocycles. The maximum atomic E-state index is 12.5. The molecule has 0 bridgehead atoms. The van der Waals surface area contributed by atoms with E-state index in [2.05, 4.69) is 18.7 Å². The zero-order valence-corrected chi connectivity index (χ0v) is 32.0. The number of carbonyl (C=O) groups excluding carboxylic acids is 4. The molecule has 0 fully saturated rings. The van der Waals surface area contributed by atoms with Crippen LogP contribution < -0.4 is 0 Å². The number of carbonyl (C=O) groups is 4. The standard InChI is InChI=1S/C39H73NO9/c1-6-8-10-12-13-17-23-36(22-16-11-9-7-2)30-46-37(44)24-18-14-20-26-40(28-29-41)27-21-15-19-25-38(45)49-33-39(5,31-47-34(3)42)32-48-35(4)43/h36,41H,6-33H2,1-5H3. The van der Waals surface area contributed by atoms with E-state index in [1.54, 1.807) is 6.92 Å². The van der Waals surface area contributed by atoms with Gasteiger partial charge in [-0.15, -0.1) is 0 Å². The van der Waals surface area contributed by atoms with Crippen molar-refractivity contribution in [2.45, 2.75) is 163 Å². The van der Waals surface area contributed by atoms with Crippen LogP contribution in [0.15, 0.2) is 0 Å². The van der Waals surface area contributed by atoms with Gasteiger partial charge in [0.15, 0.2) is 0 Å². The molecule has 0 saturated carbocycles. The number of hydrogen-bond acceptors (Lipinski definition) is 10. The van der Waals surface area contributed by atoms with Crippen LogP contribution in [0.5, 0.6) is 0 Å². The Labute approximate surface area is 298 Å². The number of rotatable bonds is 34. The number of aliphatic hydroxyl groups excluding tert-OH is 1. The van der Waals surface area contributed by atoms with Crippen molar-refractivity contribution in [2.24, 2.45) is 11.3 Å². The summed E-state index contributed by atoms with van der Waals surface area (Å²) in [6.07, 6.45) is 20.9. The predicted molar refractivity (Wildman–Crippen MR) is 194 cm³/mol. The first-order valence-corrected chi connectivity index (χ1v) is 19.5. The van der Waals surface area contributed by atoms with Crippen LogP contribution in [0.25, 0.3) is 0 Å². The van der Waals surface area contributed by atoms with E-state index >= 15 is 0 Å². The van der Waals surface area contributed by atoms with Crippen molar-refractivity contribution in [2.75, 3.05) is 52.7 Å². The molecule has 1 N–H and O–H groups in total. The van der Waals surface area contributed by atoms with Gasteiger partial charge in [0.1, 0.15) is 19.8 Å². The molecule has 0 amide bonds. The average molecular weight is 700 g/mol. The van der Waals surface area contributed by atoms with Crippen molar-refractivity contribution in [3.63, 3.8) is 0 Å². The quantitative estimate of drug-likeness (QED) is 0.0401. The Kier molecular flexibility index (Phi) is 30.3. The van der Waals surface area contributed by atoms with Crippen molar-refractivity contribution in [1.29, 1.82) is 0 Å². The monoisotopic (exact) mass is 700 g/mol. The summed E-state index contributed by atoms with van der Waals surface area (Å²) >= 11 is 0. The lowest BCUT2D eigenvalue weighted by atomic mass is 9.94. The molecule has 0 aliphatic heterocycles. The zero-order valence-electron chi connectivity index (χ0n) is 32.0. The molecule has 0 aliphatic rings. The molecule has 0 aliphatic carbocycles. The number of ether oxygens (including phenoxy) is 4. The minimum atomic E-state index is -0.818. The van der Waals surface area contributed by atoms with Crippen LogP contribution >= 0.6 is 0 Å². The molecule has 0 saturated heterocycles. The Balaban J connectivity index is 4.27. The van der Waals surface area contributed by atoms with Crippen molar-refractivity contribution in [3.05, 3.63) is 0 Å². The minimum Gasteiger partial charge on any atom is -0.465 e. The highest BCUT2D eigenvalue weighted by Gasteiger charge is 2.30. The predicted octanol–water partition coefficient (Wildman–Crippen LogP) is 7.96. The summed E-state index contributed by atoms with van der Waals surface area (Å²) < 4.78 is 21.3. The molecule has 10 heteroatoms. The lowest BCUT2D eigenvalue weighted by Gasteiger charge is -2.27. The summed E-state index contributed by atoms with van der Waals surface area (Å²) in [7, 11) is 0. The average Bonchev–Trinajstić information content (AvgIpc) is 3.07. The van der Waals surface area contributed by atoms with Gasteiger partial charge in [0.25, 0.3) is 0 Å². The van der Waals surface area contributed by atoms with Gasteiger partial charge < -0.3 is 29.0 Å². The van der Waals surface area contributed by atoms with Crippen molar-refractivity contribution in [3.8, 4) is 0 Å². The SMILES string of the molecule is CCCCCCCCC(CCCCCC)COC(=O)CCCCCN(CCO)CCCCCC(=O)OCC(C)(COC(C)=O)COC(C)=O. The summed E-state index contributed by atoms with van der Waals surface area (Å²) in [5.74, 6) is -0.853. The second kappa shape index (κ2) is 31.8. The Morgan fingerprint density at radius 3 is 1.49 bits per heavy atom. The number of esters is 4. The molecule has 288 valence electrons. The van der Waals surface area contributed by atoms with Crippen LogP contribution in [0.4, 0.5) is 0 Å². The third kappa shape index (κ3) is 30.4. The van der Waals surface area contributed by atoms with E-state index in [-0.39, 0.29) is 44.8 Å². The van der Waals surface area contributed by atoms with Crippen LogP contribution in [0.1, 0.15) is 163 Å². The normalized spacial score (nSPS) is 12.1. The van der Waals surface area contributed by atoms with E-state index in [0.717, 1.165) is 58.0 Å². The molecule has 1 unspecified atom stereocenters. The first-order valence-electron chi connectivity index (χ1n) is 19.5. The molecule has 0 aromatic heterocycles. The topological polar surface area (TPSA) is 129 Å². The Morgan fingerprint density at radius 1 is 0.571 bits per heavy atom. The number of unbranched alkanes of at least 4 members (excludes halogenated alkanes) is 12. The van der Waals surface area contributed by atoms with Crippen LogP contribution in [-0.2, 0) is 38.1 Å². The fourth-order valence-corrected chi connectivity index (χ4v) is 5.71. The van der Waals surface area contributed by atoms with Gasteiger partial charge in [-0.05, 0) is 64.5 Å². The maximum absolute atomic E-state index is 12.5. The first-order chi connectivity index (χ1) is 23.5. The van der Waals surface area contributed by atoms with Crippen LogP contribution in [-0.4, -0.2) is 86.6 Å². The fourth-order valence-electron chi connectivity index (χ4n) is 5.71. The Hall–Kier alpha value is -2.20. The smallest absolute Gasteiger partial charge is 0.305 e. The Bertz CT molecular complexity index is 832. The van der Waals surface area contributed by atoms with E-state index in [1.165, 1.54) is 78.1 Å². The Morgan fingerprint density at radius 2 is 1.00 bits per heavy atom. The van der Waals surface area contributed by atoms with Gasteiger partial charge >= 0.3 is 23.9 Å². The van der Waals surface area contributed by atoms with Gasteiger partial charge in [-0.1, -0.05) is 90.9 Å². The summed E-state index contributed by atoms with van der Waals surface area (Å²) in [6.45, 7) is 11.7. The van der Waals surface area contributed by atoms with Crippen molar-refractivity contribution < 1.29 is 43.2 Å². The van der Waals surface area contributed by atoms with Gasteiger partial charge in [0.05, 0.1) is 18.6 Å². The van der Waals surface area contributed by atoms with Crippen LogP contribution in [0, 0.1) is 11.3 Å². The lowest BCUT2D eigenvalue weighted by Crippen LogP contribution is -2.36. The first kappa shape index (κ1) is 46.8. The summed E-state index contributed by atoms with van der Waals surface area (Å²) in [4.78, 5) is 49.5. The van der Waals surface area contributed by atoms with E-state index in [1.807, 2.05) is 0 Å². The lowest BCUT2D eigenvalue weighted by molar-refractivity contribution is -0.159. The molecule has 49 heavy (non-hydrogen) atoms. The zero-order chi connectivity index (χ0) is 36.6. The fraction of sp³-hybridized carbons (Fsp3) is 0.897. The van der Waals surface area contributed by atoms with E-state index in [9.17, 15) is 24.3 Å². The third-order valence-electron chi connectivity index (χ3n) is 8.87. The second-order valence-electron chi connectivity index (χ2n) is 14.2. The molecule has 0 spiro atoms. The third-order valence-corrected chi connectivity index (χ3v) is 8.87. The summed E-state index contributed by atoms with van der Waals surface area (Å²) in [5.41, 5.74) is -0.818. The number of nitrogens with zero attached hydrogens (tertiary/aromatic N) is 1. The molecule has 0 radical (unpaired) electrons. The van der Waals surface area contributed by atoms with E-state index < -0.39 is 17.4 Å². The molecular weight excluding hydrogens is 626 g/mol. The highest BCUT2D eigenvalue weighted by atomic mass is 16.6. The molecule has 0 aromatic rings. The molecule has 0 heterocycles. The van der Waals surface area contributed by atoms with Gasteiger partial charge in [0, 0.05) is 33.2 Å². The second-order valence-corrected chi connectivity index (χ2v) is 14.2. The molecule has 0 rings (SSSR count). The van der Waals surface area contributed by atoms with Gasteiger partial charge in [-0.3, -0.25) is 19.2 Å². The highest BCUT2D eigenvalue weighted by Crippen LogP contribution is 2.21. The van der Waals surface area contributed by atoms with Crippen LogP contribution in [0.3, 0.4) is 0 Å². The van der Waals surface area contributed by atoms with Gasteiger partial charge in [-0.2, -0.15) is 0 Å². The number of aliphatic hydroxyl groups is 1. The van der Waals surface area contributed by atoms with Crippen molar-refractivity contribution in [1.82, 2.24) is 4.90 Å². The van der Waals surface area contributed by atoms with Crippen molar-refractivity contribution >= 4 is 23.9 Å². The van der Waals surface area contributed by atoms with Crippen LogP contribution in [0.2, 0.25) is 0 Å². The highest BCUT2D eigenvalue weighted by molar-refractivity contribution is 5.69. The van der Waals surface area contributed by atoms with Gasteiger partial charge in [-0.25, -0.2) is 0 Å². The minimum absolute atomic E-state index is 0.0205. The molecule has 10 nitrogen and oxygen atoms in total. The largest absolute Gasteiger partial charge is 0.465 e.